The van der Waals surface area contributed by atoms with Crippen LogP contribution in [0.1, 0.15) is 53.2 Å². The molecule has 2 aliphatic rings. The molecule has 2 aromatic rings. The Morgan fingerprint density at radius 1 is 1.23 bits per heavy atom. The van der Waals surface area contributed by atoms with Crippen LogP contribution in [0.4, 0.5) is 10.1 Å². The highest BCUT2D eigenvalue weighted by atomic mass is 19.1. The number of halogens is 1. The van der Waals surface area contributed by atoms with Crippen molar-refractivity contribution in [1.82, 2.24) is 0 Å². The zero-order valence-electron chi connectivity index (χ0n) is 14.7. The highest BCUT2D eigenvalue weighted by molar-refractivity contribution is 5.90. The predicted octanol–water partition coefficient (Wildman–Crippen LogP) is 5.22. The molecule has 3 unspecified atom stereocenters. The van der Waals surface area contributed by atoms with Gasteiger partial charge >= 0.3 is 5.97 Å². The number of esters is 1. The van der Waals surface area contributed by atoms with Gasteiger partial charge in [0.1, 0.15) is 5.82 Å². The maximum atomic E-state index is 13.3. The van der Waals surface area contributed by atoms with Gasteiger partial charge in [0.05, 0.1) is 18.2 Å². The molecule has 1 heterocycles. The van der Waals surface area contributed by atoms with Gasteiger partial charge in [-0.25, -0.2) is 9.18 Å². The number of hydrogen-bond donors (Lipinski definition) is 1. The molecule has 3 atom stereocenters. The van der Waals surface area contributed by atoms with Crippen LogP contribution in [0.3, 0.4) is 0 Å². The van der Waals surface area contributed by atoms with Gasteiger partial charge in [-0.2, -0.15) is 0 Å². The topological polar surface area (TPSA) is 38.3 Å². The van der Waals surface area contributed by atoms with Gasteiger partial charge in [-0.05, 0) is 60.2 Å². The number of carbonyl (C=O) groups is 1. The van der Waals surface area contributed by atoms with Crippen molar-refractivity contribution in [2.24, 2.45) is 5.92 Å². The van der Waals surface area contributed by atoms with Gasteiger partial charge in [0.25, 0.3) is 0 Å². The second-order valence-corrected chi connectivity index (χ2v) is 6.97. The molecule has 4 rings (SSSR count). The van der Waals surface area contributed by atoms with E-state index in [2.05, 4.69) is 17.5 Å². The van der Waals surface area contributed by atoms with E-state index in [9.17, 15) is 9.18 Å². The molecule has 0 fully saturated rings. The second kappa shape index (κ2) is 6.94. The number of nitrogens with one attached hydrogen (secondary N) is 1. The lowest BCUT2D eigenvalue weighted by Gasteiger charge is -2.37. The zero-order chi connectivity index (χ0) is 18.1. The highest BCUT2D eigenvalue weighted by Crippen LogP contribution is 2.49. The number of hydrogen-bond acceptors (Lipinski definition) is 3. The van der Waals surface area contributed by atoms with Crippen molar-refractivity contribution in [3.05, 3.63) is 77.1 Å². The molecule has 3 nitrogen and oxygen atoms in total. The summed E-state index contributed by atoms with van der Waals surface area (Å²) in [5.74, 6) is 0.116. The Morgan fingerprint density at radius 2 is 2.04 bits per heavy atom. The lowest BCUT2D eigenvalue weighted by atomic mass is 9.76. The normalized spacial score (nSPS) is 23.1. The number of rotatable bonds is 4. The fourth-order valence-corrected chi connectivity index (χ4v) is 4.00. The van der Waals surface area contributed by atoms with Crippen LogP contribution in [0.25, 0.3) is 0 Å². The van der Waals surface area contributed by atoms with Crippen LogP contribution in [0.15, 0.2) is 54.6 Å². The van der Waals surface area contributed by atoms with Crippen molar-refractivity contribution in [3.63, 3.8) is 0 Å². The van der Waals surface area contributed by atoms with E-state index in [-0.39, 0.29) is 23.7 Å². The van der Waals surface area contributed by atoms with Gasteiger partial charge in [0.15, 0.2) is 0 Å². The number of allylic oxidation sites excluding steroid dienone is 2. The van der Waals surface area contributed by atoms with Crippen molar-refractivity contribution in [2.75, 3.05) is 11.9 Å². The van der Waals surface area contributed by atoms with Crippen LogP contribution in [0.2, 0.25) is 0 Å². The molecule has 134 valence electrons. The molecule has 0 spiro atoms. The zero-order valence-corrected chi connectivity index (χ0v) is 14.7. The van der Waals surface area contributed by atoms with Crippen LogP contribution in [0.5, 0.6) is 0 Å². The van der Waals surface area contributed by atoms with E-state index in [0.717, 1.165) is 29.7 Å². The molecule has 1 aliphatic heterocycles. The summed E-state index contributed by atoms with van der Waals surface area (Å²) in [5.41, 5.74) is 3.84. The first kappa shape index (κ1) is 16.8. The Labute approximate surface area is 152 Å². The Kier molecular flexibility index (Phi) is 4.49. The standard InChI is InChI=1S/C22H22FNO2/c1-2-12-26-22(25)15-8-11-20-19(13-15)17-4-3-5-18(17)21(24-20)14-6-9-16(23)10-7-14/h3-4,6-11,13,17-18,21,24H,2,5,12H2,1H3. The predicted molar refractivity (Wildman–Crippen MR) is 99.8 cm³/mol. The smallest absolute Gasteiger partial charge is 0.338 e. The van der Waals surface area contributed by atoms with Gasteiger partial charge in [-0.15, -0.1) is 0 Å². The molecule has 2 aromatic carbocycles. The van der Waals surface area contributed by atoms with E-state index in [4.69, 9.17) is 4.74 Å². The number of fused-ring (bicyclic) bond motifs is 3. The largest absolute Gasteiger partial charge is 0.462 e. The third-order valence-corrected chi connectivity index (χ3v) is 5.26. The van der Waals surface area contributed by atoms with Crippen LogP contribution in [-0.4, -0.2) is 12.6 Å². The first-order valence-corrected chi connectivity index (χ1v) is 9.17. The molecule has 1 N–H and O–H groups in total. The molecule has 0 aromatic heterocycles. The molecule has 0 bridgehead atoms. The van der Waals surface area contributed by atoms with Crippen molar-refractivity contribution < 1.29 is 13.9 Å². The first-order valence-electron chi connectivity index (χ1n) is 9.17. The van der Waals surface area contributed by atoms with Crippen molar-refractivity contribution in [2.45, 2.75) is 31.7 Å². The fourth-order valence-electron chi connectivity index (χ4n) is 4.00. The van der Waals surface area contributed by atoms with Gasteiger partial charge in [0, 0.05) is 11.6 Å². The van der Waals surface area contributed by atoms with Crippen molar-refractivity contribution in [3.8, 4) is 0 Å². The van der Waals surface area contributed by atoms with Crippen LogP contribution in [-0.2, 0) is 4.74 Å². The summed E-state index contributed by atoms with van der Waals surface area (Å²) in [7, 11) is 0. The monoisotopic (exact) mass is 351 g/mol. The van der Waals surface area contributed by atoms with Gasteiger partial charge in [-0.1, -0.05) is 31.2 Å². The Balaban J connectivity index is 1.66. The Hall–Kier alpha value is -2.62. The molecule has 4 heteroatoms. The minimum absolute atomic E-state index is 0.126. The number of anilines is 1. The van der Waals surface area contributed by atoms with Gasteiger partial charge in [0.2, 0.25) is 0 Å². The average Bonchev–Trinajstić information content (AvgIpc) is 3.16. The molecular formula is C22H22FNO2. The maximum absolute atomic E-state index is 13.3. The van der Waals surface area contributed by atoms with Crippen molar-refractivity contribution in [1.29, 1.82) is 0 Å². The summed E-state index contributed by atoms with van der Waals surface area (Å²) in [6, 6.07) is 12.6. The Morgan fingerprint density at radius 3 is 2.81 bits per heavy atom. The van der Waals surface area contributed by atoms with Crippen LogP contribution in [0, 0.1) is 11.7 Å². The summed E-state index contributed by atoms with van der Waals surface area (Å²) >= 11 is 0. The minimum Gasteiger partial charge on any atom is -0.462 e. The number of ether oxygens (including phenoxy) is 1. The van der Waals surface area contributed by atoms with E-state index in [1.807, 2.05) is 37.3 Å². The van der Waals surface area contributed by atoms with E-state index in [0.29, 0.717) is 18.1 Å². The van der Waals surface area contributed by atoms with Crippen LogP contribution < -0.4 is 5.32 Å². The lowest BCUT2D eigenvalue weighted by Crippen LogP contribution is -2.29. The number of carbonyl (C=O) groups excluding carboxylic acids is 1. The molecule has 0 radical (unpaired) electrons. The molecule has 0 saturated carbocycles. The van der Waals surface area contributed by atoms with E-state index < -0.39 is 0 Å². The maximum Gasteiger partial charge on any atom is 0.338 e. The quantitative estimate of drug-likeness (QED) is 0.606. The van der Waals surface area contributed by atoms with Crippen molar-refractivity contribution >= 4 is 11.7 Å². The minimum atomic E-state index is -0.270. The van der Waals surface area contributed by atoms with E-state index in [1.165, 1.54) is 12.1 Å². The molecule has 1 aliphatic carbocycles. The lowest BCUT2D eigenvalue weighted by molar-refractivity contribution is 0.0505. The van der Waals surface area contributed by atoms with Gasteiger partial charge < -0.3 is 10.1 Å². The summed E-state index contributed by atoms with van der Waals surface area (Å²) in [4.78, 5) is 12.2. The average molecular weight is 351 g/mol. The van der Waals surface area contributed by atoms with Gasteiger partial charge in [-0.3, -0.25) is 0 Å². The molecular weight excluding hydrogens is 329 g/mol. The third kappa shape index (κ3) is 3.00. The molecule has 0 saturated heterocycles. The SMILES string of the molecule is CCCOC(=O)c1ccc2c(c1)C1C=CCC1C(c1ccc(F)cc1)N2. The summed E-state index contributed by atoms with van der Waals surface area (Å²) in [6.45, 7) is 2.42. The molecule has 0 amide bonds. The van der Waals surface area contributed by atoms with Crippen LogP contribution >= 0.6 is 0 Å². The number of benzene rings is 2. The van der Waals surface area contributed by atoms with E-state index in [1.54, 1.807) is 0 Å². The Bertz CT molecular complexity index is 844. The first-order chi connectivity index (χ1) is 12.7. The summed E-state index contributed by atoms with van der Waals surface area (Å²) < 4.78 is 18.6. The summed E-state index contributed by atoms with van der Waals surface area (Å²) in [6.07, 6.45) is 6.20. The molecule has 26 heavy (non-hydrogen) atoms. The van der Waals surface area contributed by atoms with E-state index >= 15 is 0 Å². The highest BCUT2D eigenvalue weighted by Gasteiger charge is 2.38. The third-order valence-electron chi connectivity index (χ3n) is 5.26. The summed E-state index contributed by atoms with van der Waals surface area (Å²) in [5, 5.41) is 3.60. The second-order valence-electron chi connectivity index (χ2n) is 6.97. The fraction of sp³-hybridized carbons (Fsp3) is 0.318.